The van der Waals surface area contributed by atoms with Gasteiger partial charge in [-0.25, -0.2) is 0 Å². The van der Waals surface area contributed by atoms with E-state index >= 15 is 0 Å². The minimum atomic E-state index is 0.000854. The van der Waals surface area contributed by atoms with E-state index in [1.807, 2.05) is 0 Å². The predicted molar refractivity (Wildman–Crippen MR) is 291 cm³/mol. The molecule has 6 rings (SSSR count). The van der Waals surface area contributed by atoms with Gasteiger partial charge in [-0.05, 0) is 187 Å². The van der Waals surface area contributed by atoms with Crippen molar-refractivity contribution in [2.45, 2.75) is 257 Å². The Bertz CT molecular complexity index is 1850. The lowest BCUT2D eigenvalue weighted by Crippen LogP contribution is -2.62. The summed E-state index contributed by atoms with van der Waals surface area (Å²) >= 11 is 0. The molecule has 2 aromatic heterocycles. The largest absolute Gasteiger partial charge is 0.354 e. The number of nitrogens with zero attached hydrogens (tertiary/aromatic N) is 10. The highest BCUT2D eigenvalue weighted by molar-refractivity contribution is 5.48. The van der Waals surface area contributed by atoms with Gasteiger partial charge >= 0.3 is 0 Å². The Hall–Kier alpha value is -3.34. The second kappa shape index (κ2) is 19.9. The topological polar surface area (TPSA) is 162 Å². The Labute approximate surface area is 419 Å². The monoisotopic (exact) mass is 961 g/mol. The number of hydrogen-bond acceptors (Lipinski definition) is 16. The molecule has 0 bridgehead atoms. The number of nitrogens with one attached hydrogen (secondary N) is 6. The third-order valence-electron chi connectivity index (χ3n) is 15.4. The zero-order valence-corrected chi connectivity index (χ0v) is 47.6. The molecule has 4 aliphatic heterocycles. The highest BCUT2D eigenvalue weighted by Crippen LogP contribution is 2.38. The first kappa shape index (κ1) is 55.0. The van der Waals surface area contributed by atoms with E-state index in [0.29, 0.717) is 17.8 Å². The Kier molecular flexibility index (Phi) is 15.9. The zero-order chi connectivity index (χ0) is 51.3. The standard InChI is InChI=1S/C53H100N16/c1-35(24-26-55-41-58-44(68(20)38-31-50(10,11)64-51(12,13)32-38)61-45(59-41)69(21)39-33-52(14,15)65-53(16,17)34-39)23-22-25-54-40-56-42(66(18)36-27-46(2,3)62-47(4,5)28-36)60-43(57-40)67(19)37-29-48(6,7)63-49(8,9)30-37/h35-39,62-65H,22-34H2,1-21H3,(H,54,56,57,60)(H,55,58,59,61). The maximum Gasteiger partial charge on any atom is 0.231 e. The fraction of sp³-hybridized carbons (Fsp3) is 0.887. The molecule has 0 spiro atoms. The van der Waals surface area contributed by atoms with Crippen molar-refractivity contribution >= 4 is 35.7 Å². The average molecular weight is 961 g/mol. The van der Waals surface area contributed by atoms with Gasteiger partial charge in [0.2, 0.25) is 35.7 Å². The van der Waals surface area contributed by atoms with Crippen LogP contribution in [0.3, 0.4) is 0 Å². The minimum Gasteiger partial charge on any atom is -0.354 e. The molecule has 1 atom stereocenters. The number of hydrogen-bond donors (Lipinski definition) is 6. The molecule has 6 heterocycles. The van der Waals surface area contributed by atoms with E-state index in [1.165, 1.54) is 0 Å². The maximum absolute atomic E-state index is 5.21. The fourth-order valence-electron chi connectivity index (χ4n) is 13.5. The van der Waals surface area contributed by atoms with E-state index < -0.39 is 0 Å². The van der Waals surface area contributed by atoms with Crippen molar-refractivity contribution < 1.29 is 0 Å². The van der Waals surface area contributed by atoms with Crippen molar-refractivity contribution in [1.82, 2.24) is 51.2 Å². The number of piperidine rings is 4. The second-order valence-corrected chi connectivity index (χ2v) is 27.7. The van der Waals surface area contributed by atoms with Crippen LogP contribution in [0.4, 0.5) is 35.7 Å². The van der Waals surface area contributed by atoms with Crippen molar-refractivity contribution in [3.8, 4) is 0 Å². The quantitative estimate of drug-likeness (QED) is 0.0838. The third kappa shape index (κ3) is 15.1. The molecule has 16 heteroatoms. The second-order valence-electron chi connectivity index (χ2n) is 27.7. The van der Waals surface area contributed by atoms with E-state index in [4.69, 9.17) is 29.9 Å². The third-order valence-corrected chi connectivity index (χ3v) is 15.4. The summed E-state index contributed by atoms with van der Waals surface area (Å²) in [6.45, 7) is 40.8. The molecule has 0 radical (unpaired) electrons. The SMILES string of the molecule is CC(CCCNc1nc(N(C)C2CC(C)(C)NC(C)(C)C2)nc(N(C)C2CC(C)(C)NC(C)(C)C2)n1)CCNc1nc(N(C)C2CC(C)(C)NC(C)(C)C2)nc(N(C)C2CC(C)(C)NC(C)(C)C2)n1. The molecule has 0 amide bonds. The summed E-state index contributed by atoms with van der Waals surface area (Å²) in [5, 5.41) is 22.7. The predicted octanol–water partition coefficient (Wildman–Crippen LogP) is 8.37. The first-order valence-corrected chi connectivity index (χ1v) is 26.6. The molecule has 0 aromatic carbocycles. The smallest absolute Gasteiger partial charge is 0.231 e. The lowest BCUT2D eigenvalue weighted by atomic mass is 9.79. The van der Waals surface area contributed by atoms with E-state index in [0.717, 1.165) is 108 Å². The minimum absolute atomic E-state index is 0.000854. The van der Waals surface area contributed by atoms with Crippen LogP contribution in [0.25, 0.3) is 0 Å². The molecule has 16 nitrogen and oxygen atoms in total. The number of anilines is 6. The Morgan fingerprint density at radius 2 is 0.623 bits per heavy atom. The highest BCUT2D eigenvalue weighted by Gasteiger charge is 2.44. The summed E-state index contributed by atoms with van der Waals surface area (Å²) in [5.74, 6) is 4.70. The molecule has 392 valence electrons. The van der Waals surface area contributed by atoms with E-state index in [-0.39, 0.29) is 68.5 Å². The van der Waals surface area contributed by atoms with Crippen LogP contribution >= 0.6 is 0 Å². The van der Waals surface area contributed by atoms with Gasteiger partial charge in [0.05, 0.1) is 0 Å². The average Bonchev–Trinajstić information content (AvgIpc) is 3.16. The molecule has 0 saturated carbocycles. The molecule has 69 heavy (non-hydrogen) atoms. The maximum atomic E-state index is 5.21. The van der Waals surface area contributed by atoms with Gasteiger partial charge < -0.3 is 51.5 Å². The van der Waals surface area contributed by atoms with Gasteiger partial charge in [0.15, 0.2) is 0 Å². The number of rotatable bonds is 17. The van der Waals surface area contributed by atoms with Gasteiger partial charge in [-0.1, -0.05) is 6.92 Å². The molecular formula is C53H100N16. The molecule has 2 aromatic rings. The van der Waals surface area contributed by atoms with Crippen molar-refractivity contribution in [3.63, 3.8) is 0 Å². The molecule has 6 N–H and O–H groups in total. The van der Waals surface area contributed by atoms with Crippen LogP contribution in [0.15, 0.2) is 0 Å². The lowest BCUT2D eigenvalue weighted by Gasteiger charge is -2.49. The Morgan fingerprint density at radius 3 is 0.870 bits per heavy atom. The summed E-state index contributed by atoms with van der Waals surface area (Å²) in [7, 11) is 8.66. The van der Waals surface area contributed by atoms with Crippen LogP contribution in [-0.2, 0) is 0 Å². The Balaban J connectivity index is 1.13. The molecule has 4 saturated heterocycles. The fourth-order valence-corrected chi connectivity index (χ4v) is 13.5. The Morgan fingerprint density at radius 1 is 0.391 bits per heavy atom. The summed E-state index contributed by atoms with van der Waals surface area (Å²) in [4.78, 5) is 40.1. The van der Waals surface area contributed by atoms with Crippen molar-refractivity contribution in [1.29, 1.82) is 0 Å². The summed E-state index contributed by atoms with van der Waals surface area (Å²) < 4.78 is 0. The van der Waals surface area contributed by atoms with Gasteiger partial charge in [0.1, 0.15) is 0 Å². The van der Waals surface area contributed by atoms with Gasteiger partial charge in [-0.2, -0.15) is 29.9 Å². The first-order chi connectivity index (χ1) is 31.5. The molecule has 1 unspecified atom stereocenters. The van der Waals surface area contributed by atoms with Gasteiger partial charge in [0, 0.05) is 110 Å². The molecule has 0 aliphatic carbocycles. The van der Waals surface area contributed by atoms with Crippen LogP contribution < -0.4 is 51.5 Å². The molecule has 4 aliphatic rings. The van der Waals surface area contributed by atoms with Gasteiger partial charge in [-0.3, -0.25) is 0 Å². The van der Waals surface area contributed by atoms with E-state index in [2.05, 4.69) is 197 Å². The van der Waals surface area contributed by atoms with Crippen LogP contribution in [0.2, 0.25) is 0 Å². The molecular weight excluding hydrogens is 861 g/mol. The van der Waals surface area contributed by atoms with E-state index in [1.54, 1.807) is 0 Å². The van der Waals surface area contributed by atoms with Crippen LogP contribution in [-0.4, -0.2) is 140 Å². The summed E-state index contributed by atoms with van der Waals surface area (Å²) in [6, 6.07) is 1.15. The van der Waals surface area contributed by atoms with Gasteiger partial charge in [0.25, 0.3) is 0 Å². The van der Waals surface area contributed by atoms with Crippen molar-refractivity contribution in [3.05, 3.63) is 0 Å². The zero-order valence-electron chi connectivity index (χ0n) is 47.6. The molecule has 4 fully saturated rings. The highest BCUT2D eigenvalue weighted by atomic mass is 15.4. The van der Waals surface area contributed by atoms with E-state index in [9.17, 15) is 0 Å². The van der Waals surface area contributed by atoms with Crippen molar-refractivity contribution in [2.24, 2.45) is 5.92 Å². The normalized spacial score (nSPS) is 24.5. The van der Waals surface area contributed by atoms with Crippen LogP contribution in [0, 0.1) is 5.92 Å². The number of aromatic nitrogens is 6. The summed E-state index contributed by atoms with van der Waals surface area (Å²) in [5.41, 5.74) is 0.00903. The lowest BCUT2D eigenvalue weighted by molar-refractivity contribution is 0.159. The summed E-state index contributed by atoms with van der Waals surface area (Å²) in [6.07, 6.45) is 11.1. The first-order valence-electron chi connectivity index (χ1n) is 26.6. The van der Waals surface area contributed by atoms with Crippen LogP contribution in [0.1, 0.15) is 188 Å². The van der Waals surface area contributed by atoms with Gasteiger partial charge in [-0.15, -0.1) is 0 Å². The van der Waals surface area contributed by atoms with Crippen LogP contribution in [0.5, 0.6) is 0 Å². The van der Waals surface area contributed by atoms with Crippen molar-refractivity contribution in [2.75, 3.05) is 71.5 Å².